The van der Waals surface area contributed by atoms with E-state index in [1.54, 1.807) is 42.5 Å². The standard InChI is InChI=1S/C21H18ClN3O5/c1-13-9-16(10-14(2)21(13)22)29-12-20(26)24-23-11-15-7-8-19(30-15)17-5-3-4-6-18(17)25(27)28/h3-11H,12H2,1-2H3,(H,24,26). The lowest BCUT2D eigenvalue weighted by Gasteiger charge is -2.09. The number of para-hydroxylation sites is 1. The Balaban J connectivity index is 1.57. The van der Waals surface area contributed by atoms with Gasteiger partial charge in [0.25, 0.3) is 11.6 Å². The molecule has 154 valence electrons. The van der Waals surface area contributed by atoms with Crippen molar-refractivity contribution in [3.05, 3.63) is 80.6 Å². The molecule has 2 aromatic carbocycles. The number of nitro groups is 1. The Bertz CT molecular complexity index is 1100. The third kappa shape index (κ3) is 5.03. The molecule has 0 aliphatic carbocycles. The summed E-state index contributed by atoms with van der Waals surface area (Å²) in [6.07, 6.45) is 1.30. The van der Waals surface area contributed by atoms with Crippen LogP contribution in [-0.4, -0.2) is 23.7 Å². The first-order valence-corrected chi connectivity index (χ1v) is 9.28. The maximum Gasteiger partial charge on any atom is 0.280 e. The second kappa shape index (κ2) is 9.23. The van der Waals surface area contributed by atoms with Crippen LogP contribution >= 0.6 is 11.6 Å². The number of halogens is 1. The van der Waals surface area contributed by atoms with Crippen molar-refractivity contribution in [2.75, 3.05) is 6.61 Å². The van der Waals surface area contributed by atoms with E-state index in [1.165, 1.54) is 12.3 Å². The van der Waals surface area contributed by atoms with E-state index in [0.717, 1.165) is 11.1 Å². The molecule has 1 amide bonds. The van der Waals surface area contributed by atoms with E-state index in [-0.39, 0.29) is 12.3 Å². The van der Waals surface area contributed by atoms with E-state index in [2.05, 4.69) is 10.5 Å². The summed E-state index contributed by atoms with van der Waals surface area (Å²) >= 11 is 6.11. The van der Waals surface area contributed by atoms with Crippen LogP contribution < -0.4 is 10.2 Å². The predicted octanol–water partition coefficient (Wildman–Crippen LogP) is 4.65. The smallest absolute Gasteiger partial charge is 0.280 e. The average Bonchev–Trinajstić information content (AvgIpc) is 3.19. The molecule has 3 aromatic rings. The highest BCUT2D eigenvalue weighted by molar-refractivity contribution is 6.32. The van der Waals surface area contributed by atoms with E-state index in [0.29, 0.717) is 27.9 Å². The molecule has 30 heavy (non-hydrogen) atoms. The third-order valence-electron chi connectivity index (χ3n) is 4.15. The number of nitro benzene ring substituents is 1. The molecule has 0 atom stereocenters. The molecule has 0 saturated carbocycles. The molecule has 0 bridgehead atoms. The summed E-state index contributed by atoms with van der Waals surface area (Å²) in [4.78, 5) is 22.6. The number of nitrogens with zero attached hydrogens (tertiary/aromatic N) is 2. The molecule has 9 heteroatoms. The molecule has 1 aromatic heterocycles. The van der Waals surface area contributed by atoms with Crippen molar-refractivity contribution in [3.8, 4) is 17.1 Å². The molecule has 0 fully saturated rings. The highest BCUT2D eigenvalue weighted by Gasteiger charge is 2.16. The van der Waals surface area contributed by atoms with Gasteiger partial charge in [-0.2, -0.15) is 5.10 Å². The lowest BCUT2D eigenvalue weighted by molar-refractivity contribution is -0.384. The Kier molecular flexibility index (Phi) is 6.48. The maximum absolute atomic E-state index is 11.9. The van der Waals surface area contributed by atoms with E-state index < -0.39 is 10.8 Å². The zero-order valence-electron chi connectivity index (χ0n) is 16.2. The second-order valence-electron chi connectivity index (χ2n) is 6.43. The van der Waals surface area contributed by atoms with Crippen LogP contribution in [0.15, 0.2) is 58.0 Å². The molecule has 0 unspecified atom stereocenters. The fourth-order valence-corrected chi connectivity index (χ4v) is 2.86. The average molecular weight is 428 g/mol. The van der Waals surface area contributed by atoms with Gasteiger partial charge in [-0.05, 0) is 55.3 Å². The number of ether oxygens (including phenoxy) is 1. The molecule has 0 aliphatic rings. The van der Waals surface area contributed by atoms with E-state index in [9.17, 15) is 14.9 Å². The van der Waals surface area contributed by atoms with Gasteiger partial charge in [0, 0.05) is 11.1 Å². The molecular weight excluding hydrogens is 410 g/mol. The molecule has 8 nitrogen and oxygen atoms in total. The Morgan fingerprint density at radius 1 is 1.23 bits per heavy atom. The largest absolute Gasteiger partial charge is 0.484 e. The van der Waals surface area contributed by atoms with E-state index in [4.69, 9.17) is 20.8 Å². The third-order valence-corrected chi connectivity index (χ3v) is 4.75. The monoisotopic (exact) mass is 427 g/mol. The Labute approximate surface area is 177 Å². The second-order valence-corrected chi connectivity index (χ2v) is 6.81. The molecular formula is C21H18ClN3O5. The number of nitrogens with one attached hydrogen (secondary N) is 1. The summed E-state index contributed by atoms with van der Waals surface area (Å²) in [5.74, 6) is 0.732. The van der Waals surface area contributed by atoms with Gasteiger partial charge in [0.1, 0.15) is 17.3 Å². The number of amides is 1. The van der Waals surface area contributed by atoms with Gasteiger partial charge in [0.2, 0.25) is 0 Å². The van der Waals surface area contributed by atoms with Crippen molar-refractivity contribution in [3.63, 3.8) is 0 Å². The van der Waals surface area contributed by atoms with Gasteiger partial charge in [-0.1, -0.05) is 23.7 Å². The van der Waals surface area contributed by atoms with Crippen LogP contribution in [0.2, 0.25) is 5.02 Å². The first kappa shape index (κ1) is 21.1. The fraction of sp³-hybridized carbons (Fsp3) is 0.143. The SMILES string of the molecule is Cc1cc(OCC(=O)NN=Cc2ccc(-c3ccccc3[N+](=O)[O-])o2)cc(C)c1Cl. The number of carbonyl (C=O) groups is 1. The lowest BCUT2D eigenvalue weighted by Crippen LogP contribution is -2.24. The Morgan fingerprint density at radius 3 is 2.63 bits per heavy atom. The van der Waals surface area contributed by atoms with Gasteiger partial charge in [0.15, 0.2) is 6.61 Å². The predicted molar refractivity (Wildman–Crippen MR) is 113 cm³/mol. The Morgan fingerprint density at radius 2 is 1.93 bits per heavy atom. The molecule has 0 spiro atoms. The molecule has 1 heterocycles. The van der Waals surface area contributed by atoms with Crippen LogP contribution in [0.1, 0.15) is 16.9 Å². The number of benzene rings is 2. The van der Waals surface area contributed by atoms with E-state index >= 15 is 0 Å². The Hall–Kier alpha value is -3.65. The molecule has 0 saturated heterocycles. The first-order chi connectivity index (χ1) is 14.3. The molecule has 0 aliphatic heterocycles. The normalized spacial score (nSPS) is 10.9. The van der Waals surface area contributed by atoms with Gasteiger partial charge in [-0.25, -0.2) is 5.43 Å². The van der Waals surface area contributed by atoms with Crippen molar-refractivity contribution in [1.82, 2.24) is 5.43 Å². The van der Waals surface area contributed by atoms with Gasteiger partial charge < -0.3 is 9.15 Å². The topological polar surface area (TPSA) is 107 Å². The van der Waals surface area contributed by atoms with Crippen LogP contribution in [0.25, 0.3) is 11.3 Å². The van der Waals surface area contributed by atoms with Crippen LogP contribution in [0.4, 0.5) is 5.69 Å². The van der Waals surface area contributed by atoms with Gasteiger partial charge in [-0.3, -0.25) is 14.9 Å². The van der Waals surface area contributed by atoms with Crippen molar-refractivity contribution in [2.45, 2.75) is 13.8 Å². The summed E-state index contributed by atoms with van der Waals surface area (Å²) in [6, 6.07) is 12.9. The minimum Gasteiger partial charge on any atom is -0.484 e. The van der Waals surface area contributed by atoms with Crippen LogP contribution in [-0.2, 0) is 4.79 Å². The summed E-state index contributed by atoms with van der Waals surface area (Å²) in [7, 11) is 0. The van der Waals surface area contributed by atoms with Gasteiger partial charge in [0.05, 0.1) is 16.7 Å². The number of furan rings is 1. The highest BCUT2D eigenvalue weighted by atomic mass is 35.5. The summed E-state index contributed by atoms with van der Waals surface area (Å²) in [5.41, 5.74) is 4.34. The first-order valence-electron chi connectivity index (χ1n) is 8.90. The van der Waals surface area contributed by atoms with Crippen molar-refractivity contribution in [1.29, 1.82) is 0 Å². The van der Waals surface area contributed by atoms with Crippen LogP contribution in [0.5, 0.6) is 5.75 Å². The summed E-state index contributed by atoms with van der Waals surface area (Å²) < 4.78 is 11.0. The van der Waals surface area contributed by atoms with Crippen LogP contribution in [0.3, 0.4) is 0 Å². The zero-order valence-corrected chi connectivity index (χ0v) is 17.0. The number of carbonyl (C=O) groups excluding carboxylic acids is 1. The van der Waals surface area contributed by atoms with Crippen LogP contribution in [0, 0.1) is 24.0 Å². The highest BCUT2D eigenvalue weighted by Crippen LogP contribution is 2.30. The number of hydrogen-bond acceptors (Lipinski definition) is 6. The minimum atomic E-state index is -0.477. The molecule has 1 N–H and O–H groups in total. The number of aryl methyl sites for hydroxylation is 2. The number of rotatable bonds is 7. The molecule has 3 rings (SSSR count). The van der Waals surface area contributed by atoms with Crippen molar-refractivity contribution in [2.24, 2.45) is 5.10 Å². The number of hydrazone groups is 1. The van der Waals surface area contributed by atoms with Crippen molar-refractivity contribution >= 4 is 29.4 Å². The minimum absolute atomic E-state index is 0.0616. The quantitative estimate of drug-likeness (QED) is 0.335. The van der Waals surface area contributed by atoms with E-state index in [1.807, 2.05) is 13.8 Å². The van der Waals surface area contributed by atoms with Gasteiger partial charge >= 0.3 is 0 Å². The summed E-state index contributed by atoms with van der Waals surface area (Å²) in [5, 5.41) is 15.6. The zero-order chi connectivity index (χ0) is 21.7. The maximum atomic E-state index is 11.9. The fourth-order valence-electron chi connectivity index (χ4n) is 2.75. The number of hydrogen-bond donors (Lipinski definition) is 1. The van der Waals surface area contributed by atoms with Crippen molar-refractivity contribution < 1.29 is 18.9 Å². The molecule has 0 radical (unpaired) electrons. The summed E-state index contributed by atoms with van der Waals surface area (Å²) in [6.45, 7) is 3.49. The van der Waals surface area contributed by atoms with Gasteiger partial charge in [-0.15, -0.1) is 0 Å². The lowest BCUT2D eigenvalue weighted by atomic mass is 10.1.